The average molecular weight is 420 g/mol. The SMILES string of the molecule is CN(C(=O)CSc1nnc(-c2cccnc2)n1C1CC1)[C@H]1CCCc2ccccc21. The summed E-state index contributed by atoms with van der Waals surface area (Å²) in [6.07, 6.45) is 9.08. The Morgan fingerprint density at radius 3 is 2.83 bits per heavy atom. The molecule has 0 unspecified atom stereocenters. The number of hydrogen-bond acceptors (Lipinski definition) is 5. The number of amides is 1. The number of carbonyl (C=O) groups is 1. The van der Waals surface area contributed by atoms with E-state index in [4.69, 9.17) is 0 Å². The Balaban J connectivity index is 1.31. The minimum atomic E-state index is 0.134. The highest BCUT2D eigenvalue weighted by atomic mass is 32.2. The van der Waals surface area contributed by atoms with Crippen LogP contribution in [0.15, 0.2) is 53.9 Å². The second-order valence-corrected chi connectivity index (χ2v) is 8.99. The van der Waals surface area contributed by atoms with Gasteiger partial charge in [-0.3, -0.25) is 14.3 Å². The Kier molecular flexibility index (Phi) is 5.29. The Labute approximate surface area is 180 Å². The Morgan fingerprint density at radius 1 is 1.17 bits per heavy atom. The van der Waals surface area contributed by atoms with Crippen molar-refractivity contribution in [2.45, 2.75) is 49.3 Å². The fourth-order valence-electron chi connectivity index (χ4n) is 4.26. The third kappa shape index (κ3) is 3.74. The van der Waals surface area contributed by atoms with Gasteiger partial charge < -0.3 is 4.90 Å². The van der Waals surface area contributed by atoms with Crippen molar-refractivity contribution in [1.29, 1.82) is 0 Å². The maximum Gasteiger partial charge on any atom is 0.233 e. The highest BCUT2D eigenvalue weighted by Gasteiger charge is 2.31. The summed E-state index contributed by atoms with van der Waals surface area (Å²) in [5, 5.41) is 9.65. The summed E-state index contributed by atoms with van der Waals surface area (Å²) in [6, 6.07) is 13.0. The van der Waals surface area contributed by atoms with E-state index in [1.165, 1.54) is 22.9 Å². The quantitative estimate of drug-likeness (QED) is 0.557. The third-order valence-corrected chi connectivity index (χ3v) is 6.95. The second-order valence-electron chi connectivity index (χ2n) is 8.05. The molecule has 30 heavy (non-hydrogen) atoms. The van der Waals surface area contributed by atoms with Crippen LogP contribution in [0.3, 0.4) is 0 Å². The lowest BCUT2D eigenvalue weighted by atomic mass is 9.87. The van der Waals surface area contributed by atoms with Crippen LogP contribution >= 0.6 is 11.8 Å². The number of aryl methyl sites for hydroxylation is 1. The van der Waals surface area contributed by atoms with Crippen molar-refractivity contribution in [2.24, 2.45) is 0 Å². The summed E-state index contributed by atoms with van der Waals surface area (Å²) < 4.78 is 2.19. The third-order valence-electron chi connectivity index (χ3n) is 6.02. The first kappa shape index (κ1) is 19.3. The standard InChI is InChI=1S/C23H25N5OS/c1-27(20-10-4-7-16-6-2-3-9-19(16)20)21(29)15-30-23-26-25-22(28(23)18-11-12-18)17-8-5-13-24-14-17/h2-3,5-6,8-9,13-14,18,20H,4,7,10-12,15H2,1H3/t20-/m0/s1. The van der Waals surface area contributed by atoms with Gasteiger partial charge in [0.05, 0.1) is 11.8 Å². The molecule has 0 bridgehead atoms. The largest absolute Gasteiger partial charge is 0.338 e. The van der Waals surface area contributed by atoms with Crippen LogP contribution in [0.1, 0.15) is 48.9 Å². The molecule has 0 radical (unpaired) electrons. The fourth-order valence-corrected chi connectivity index (χ4v) is 5.19. The fraction of sp³-hybridized carbons (Fsp3) is 0.391. The van der Waals surface area contributed by atoms with Crippen LogP contribution in [0.5, 0.6) is 0 Å². The predicted octanol–water partition coefficient (Wildman–Crippen LogP) is 4.30. The maximum absolute atomic E-state index is 13.0. The Bertz CT molecular complexity index is 1050. The lowest BCUT2D eigenvalue weighted by molar-refractivity contribution is -0.129. The molecular weight excluding hydrogens is 394 g/mol. The molecule has 1 aromatic carbocycles. The number of rotatable bonds is 6. The molecule has 154 valence electrons. The van der Waals surface area contributed by atoms with Crippen LogP contribution in [-0.4, -0.2) is 43.4 Å². The van der Waals surface area contributed by atoms with Crippen LogP contribution in [0.4, 0.5) is 0 Å². The summed E-state index contributed by atoms with van der Waals surface area (Å²) >= 11 is 1.49. The molecule has 1 amide bonds. The first-order chi connectivity index (χ1) is 14.7. The van der Waals surface area contributed by atoms with E-state index in [1.807, 2.05) is 30.3 Å². The topological polar surface area (TPSA) is 63.9 Å². The number of benzene rings is 1. The zero-order valence-electron chi connectivity index (χ0n) is 17.1. The van der Waals surface area contributed by atoms with Crippen molar-refractivity contribution in [2.75, 3.05) is 12.8 Å². The van der Waals surface area contributed by atoms with Gasteiger partial charge in [-0.2, -0.15) is 0 Å². The molecule has 0 spiro atoms. The molecule has 0 saturated heterocycles. The van der Waals surface area contributed by atoms with E-state index >= 15 is 0 Å². The lowest BCUT2D eigenvalue weighted by Crippen LogP contribution is -2.34. The molecule has 0 N–H and O–H groups in total. The van der Waals surface area contributed by atoms with Crippen molar-refractivity contribution in [3.63, 3.8) is 0 Å². The molecule has 2 aliphatic carbocycles. The summed E-state index contributed by atoms with van der Waals surface area (Å²) in [7, 11) is 1.93. The van der Waals surface area contributed by atoms with Gasteiger partial charge in [0.2, 0.25) is 5.91 Å². The molecule has 6 nitrogen and oxygen atoms in total. The molecule has 2 aromatic heterocycles. The number of fused-ring (bicyclic) bond motifs is 1. The van der Waals surface area contributed by atoms with E-state index in [1.54, 1.807) is 6.20 Å². The highest BCUT2D eigenvalue weighted by Crippen LogP contribution is 2.41. The van der Waals surface area contributed by atoms with Crippen LogP contribution in [0, 0.1) is 0 Å². The van der Waals surface area contributed by atoms with Crippen molar-refractivity contribution >= 4 is 17.7 Å². The van der Waals surface area contributed by atoms with E-state index in [0.29, 0.717) is 11.8 Å². The highest BCUT2D eigenvalue weighted by molar-refractivity contribution is 7.99. The van der Waals surface area contributed by atoms with Gasteiger partial charge in [-0.1, -0.05) is 36.0 Å². The van der Waals surface area contributed by atoms with E-state index in [0.717, 1.165) is 48.6 Å². The molecule has 0 aliphatic heterocycles. The van der Waals surface area contributed by atoms with E-state index < -0.39 is 0 Å². The van der Waals surface area contributed by atoms with Gasteiger partial charge in [-0.15, -0.1) is 10.2 Å². The van der Waals surface area contributed by atoms with Crippen LogP contribution < -0.4 is 0 Å². The number of thioether (sulfide) groups is 1. The van der Waals surface area contributed by atoms with E-state index in [-0.39, 0.29) is 11.9 Å². The summed E-state index contributed by atoms with van der Waals surface area (Å²) in [5.74, 6) is 1.35. The molecule has 2 heterocycles. The normalized spacial score (nSPS) is 18.1. The second kappa shape index (κ2) is 8.22. The monoisotopic (exact) mass is 419 g/mol. The van der Waals surface area contributed by atoms with Crippen molar-refractivity contribution in [1.82, 2.24) is 24.6 Å². The molecule has 3 aromatic rings. The number of pyridine rings is 1. The van der Waals surface area contributed by atoms with Gasteiger partial charge in [-0.05, 0) is 55.4 Å². The summed E-state index contributed by atoms with van der Waals surface area (Å²) in [5.41, 5.74) is 3.63. The Morgan fingerprint density at radius 2 is 2.03 bits per heavy atom. The van der Waals surface area contributed by atoms with Gasteiger partial charge in [0.25, 0.3) is 0 Å². The molecule has 2 aliphatic rings. The van der Waals surface area contributed by atoms with Gasteiger partial charge in [0.1, 0.15) is 0 Å². The average Bonchev–Trinajstić information content (AvgIpc) is 3.55. The molecule has 7 heteroatoms. The van der Waals surface area contributed by atoms with Crippen molar-refractivity contribution < 1.29 is 4.79 Å². The number of aromatic nitrogens is 4. The molecule has 1 atom stereocenters. The van der Waals surface area contributed by atoms with E-state index in [9.17, 15) is 4.79 Å². The zero-order valence-corrected chi connectivity index (χ0v) is 17.9. The molecular formula is C23H25N5OS. The van der Waals surface area contributed by atoms with Crippen LogP contribution in [-0.2, 0) is 11.2 Å². The first-order valence-corrected chi connectivity index (χ1v) is 11.5. The number of hydrogen-bond donors (Lipinski definition) is 0. The Hall–Kier alpha value is -2.67. The predicted molar refractivity (Wildman–Crippen MR) is 117 cm³/mol. The van der Waals surface area contributed by atoms with Gasteiger partial charge >= 0.3 is 0 Å². The minimum Gasteiger partial charge on any atom is -0.338 e. The van der Waals surface area contributed by atoms with E-state index in [2.05, 4.69) is 44.0 Å². The molecule has 1 saturated carbocycles. The van der Waals surface area contributed by atoms with Crippen LogP contribution in [0.2, 0.25) is 0 Å². The van der Waals surface area contributed by atoms with Crippen molar-refractivity contribution in [3.8, 4) is 11.4 Å². The van der Waals surface area contributed by atoms with Crippen LogP contribution in [0.25, 0.3) is 11.4 Å². The van der Waals surface area contributed by atoms with Gasteiger partial charge in [0, 0.05) is 31.0 Å². The maximum atomic E-state index is 13.0. The molecule has 5 rings (SSSR count). The number of carbonyl (C=O) groups excluding carboxylic acids is 1. The van der Waals surface area contributed by atoms with Crippen molar-refractivity contribution in [3.05, 3.63) is 59.9 Å². The minimum absolute atomic E-state index is 0.134. The van der Waals surface area contributed by atoms with Gasteiger partial charge in [-0.25, -0.2) is 0 Å². The smallest absolute Gasteiger partial charge is 0.233 e. The summed E-state index contributed by atoms with van der Waals surface area (Å²) in [6.45, 7) is 0. The first-order valence-electron chi connectivity index (χ1n) is 10.5. The lowest BCUT2D eigenvalue weighted by Gasteiger charge is -2.33. The zero-order chi connectivity index (χ0) is 20.5. The molecule has 1 fully saturated rings. The summed E-state index contributed by atoms with van der Waals surface area (Å²) in [4.78, 5) is 19.2. The number of nitrogens with zero attached hydrogens (tertiary/aromatic N) is 5. The van der Waals surface area contributed by atoms with Gasteiger partial charge in [0.15, 0.2) is 11.0 Å².